The number of nitrogens with zero attached hydrogens (tertiary/aromatic N) is 2. The number of hydrogen-bond donors (Lipinski definition) is 1. The van der Waals surface area contributed by atoms with Gasteiger partial charge in [-0.05, 0) is 63.3 Å². The Labute approximate surface area is 189 Å². The van der Waals surface area contributed by atoms with Crippen molar-refractivity contribution in [3.8, 4) is 5.75 Å². The maximum Gasteiger partial charge on any atom is 0.290 e. The van der Waals surface area contributed by atoms with Crippen molar-refractivity contribution in [3.63, 3.8) is 0 Å². The number of aliphatic hydroxyl groups excluding tert-OH is 1. The zero-order valence-corrected chi connectivity index (χ0v) is 19.0. The molecule has 0 aliphatic carbocycles. The van der Waals surface area contributed by atoms with Crippen LogP contribution in [-0.2, 0) is 4.79 Å². The van der Waals surface area contributed by atoms with Gasteiger partial charge in [0, 0.05) is 6.54 Å². The molecule has 1 aliphatic rings. The summed E-state index contributed by atoms with van der Waals surface area (Å²) in [5.74, 6) is -0.786. The highest BCUT2D eigenvalue weighted by Crippen LogP contribution is 2.40. The summed E-state index contributed by atoms with van der Waals surface area (Å²) in [6, 6.07) is 9.84. The predicted octanol–water partition coefficient (Wildman–Crippen LogP) is 4.38. The molecule has 1 aliphatic heterocycles. The van der Waals surface area contributed by atoms with Crippen LogP contribution in [0.5, 0.6) is 5.75 Å². The first-order valence-electron chi connectivity index (χ1n) is 11.1. The molecule has 1 amide bonds. The number of ether oxygens (including phenoxy) is 1. The lowest BCUT2D eigenvalue weighted by Gasteiger charge is -2.27. The minimum Gasteiger partial charge on any atom is -0.503 e. The quantitative estimate of drug-likeness (QED) is 0.390. The Morgan fingerprint density at radius 1 is 1.19 bits per heavy atom. The number of ketones is 1. The number of Topliss-reactive ketones (excluding diaryl/α,β-unsaturated/α-hetero) is 1. The first kappa shape index (κ1) is 23.6. The summed E-state index contributed by atoms with van der Waals surface area (Å²) in [5.41, 5.74) is 0.757. The van der Waals surface area contributed by atoms with Crippen LogP contribution in [0.4, 0.5) is 0 Å². The van der Waals surface area contributed by atoms with Gasteiger partial charge in [-0.25, -0.2) is 0 Å². The second kappa shape index (κ2) is 11.0. The van der Waals surface area contributed by atoms with Crippen LogP contribution in [0.15, 0.2) is 58.4 Å². The number of aliphatic hydroxyl groups is 1. The number of furan rings is 1. The van der Waals surface area contributed by atoms with E-state index in [2.05, 4.69) is 6.92 Å². The van der Waals surface area contributed by atoms with Gasteiger partial charge in [0.15, 0.2) is 11.5 Å². The van der Waals surface area contributed by atoms with E-state index in [1.165, 1.54) is 12.3 Å². The van der Waals surface area contributed by atoms with Gasteiger partial charge in [0.05, 0.1) is 24.5 Å². The van der Waals surface area contributed by atoms with Gasteiger partial charge in [-0.15, -0.1) is 0 Å². The van der Waals surface area contributed by atoms with E-state index in [1.54, 1.807) is 11.0 Å². The number of benzene rings is 1. The molecule has 7 heteroatoms. The smallest absolute Gasteiger partial charge is 0.290 e. The Balaban J connectivity index is 1.92. The fraction of sp³-hybridized carbons (Fsp3) is 0.440. The second-order valence-electron chi connectivity index (χ2n) is 8.25. The molecule has 2 heterocycles. The molecule has 0 bridgehead atoms. The molecule has 0 spiro atoms. The number of rotatable bonds is 12. The standard InChI is InChI=1S/C25H32N2O5/c1-4-5-6-15-31-19-11-7-10-18(17-19)22-21(23(28)20-12-8-16-32-20)24(29)25(30)27(22)14-9-13-26(2)3/h7-8,10-12,16-17,22,29H,4-6,9,13-15H2,1-3H3. The molecule has 1 aromatic carbocycles. The number of carbonyl (C=O) groups excluding carboxylic acids is 2. The summed E-state index contributed by atoms with van der Waals surface area (Å²) in [7, 11) is 3.93. The van der Waals surface area contributed by atoms with Crippen molar-refractivity contribution in [1.82, 2.24) is 9.80 Å². The first-order valence-corrected chi connectivity index (χ1v) is 11.1. The minimum atomic E-state index is -0.707. The van der Waals surface area contributed by atoms with E-state index in [-0.39, 0.29) is 11.3 Å². The monoisotopic (exact) mass is 440 g/mol. The summed E-state index contributed by atoms with van der Waals surface area (Å²) in [6.45, 7) is 3.92. The lowest BCUT2D eigenvalue weighted by atomic mass is 9.95. The Hall–Kier alpha value is -3.06. The Morgan fingerprint density at radius 3 is 2.69 bits per heavy atom. The summed E-state index contributed by atoms with van der Waals surface area (Å²) in [6.07, 6.45) is 5.27. The third-order valence-corrected chi connectivity index (χ3v) is 5.49. The average molecular weight is 441 g/mol. The van der Waals surface area contributed by atoms with Crippen LogP contribution in [0.2, 0.25) is 0 Å². The number of unbranched alkanes of at least 4 members (excludes halogenated alkanes) is 2. The van der Waals surface area contributed by atoms with E-state index in [1.807, 2.05) is 43.3 Å². The van der Waals surface area contributed by atoms with Crippen molar-refractivity contribution in [2.75, 3.05) is 33.8 Å². The van der Waals surface area contributed by atoms with E-state index in [0.717, 1.165) is 31.4 Å². The van der Waals surface area contributed by atoms with Gasteiger partial charge in [0.1, 0.15) is 5.75 Å². The van der Waals surface area contributed by atoms with Crippen LogP contribution in [0.25, 0.3) is 0 Å². The van der Waals surface area contributed by atoms with Gasteiger partial charge in [-0.1, -0.05) is 31.9 Å². The van der Waals surface area contributed by atoms with Crippen LogP contribution >= 0.6 is 0 Å². The molecule has 0 fully saturated rings. The van der Waals surface area contributed by atoms with Gasteiger partial charge in [0.25, 0.3) is 5.91 Å². The van der Waals surface area contributed by atoms with Gasteiger partial charge in [-0.2, -0.15) is 0 Å². The van der Waals surface area contributed by atoms with Crippen molar-refractivity contribution in [2.45, 2.75) is 38.6 Å². The third kappa shape index (κ3) is 5.40. The van der Waals surface area contributed by atoms with Crippen LogP contribution in [0.1, 0.15) is 54.8 Å². The Morgan fingerprint density at radius 2 is 2.00 bits per heavy atom. The minimum absolute atomic E-state index is 0.0398. The van der Waals surface area contributed by atoms with Crippen LogP contribution in [-0.4, -0.2) is 60.4 Å². The van der Waals surface area contributed by atoms with Gasteiger partial charge >= 0.3 is 0 Å². The fourth-order valence-electron chi connectivity index (χ4n) is 3.88. The second-order valence-corrected chi connectivity index (χ2v) is 8.25. The molecule has 7 nitrogen and oxygen atoms in total. The Bertz CT molecular complexity index is 949. The van der Waals surface area contributed by atoms with Gasteiger partial charge in [-0.3, -0.25) is 9.59 Å². The molecule has 0 saturated heterocycles. The summed E-state index contributed by atoms with van der Waals surface area (Å²) < 4.78 is 11.2. The zero-order valence-electron chi connectivity index (χ0n) is 19.0. The van der Waals surface area contributed by atoms with Crippen LogP contribution in [0, 0.1) is 0 Å². The third-order valence-electron chi connectivity index (χ3n) is 5.49. The topological polar surface area (TPSA) is 83.2 Å². The lowest BCUT2D eigenvalue weighted by molar-refractivity contribution is -0.129. The molecule has 1 atom stereocenters. The van der Waals surface area contributed by atoms with E-state index < -0.39 is 23.5 Å². The number of carbonyl (C=O) groups is 2. The summed E-state index contributed by atoms with van der Waals surface area (Å²) in [4.78, 5) is 29.7. The van der Waals surface area contributed by atoms with E-state index >= 15 is 0 Å². The maximum absolute atomic E-state index is 13.2. The first-order chi connectivity index (χ1) is 15.4. The molecule has 2 aromatic rings. The van der Waals surface area contributed by atoms with Crippen molar-refractivity contribution in [2.24, 2.45) is 0 Å². The van der Waals surface area contributed by atoms with Gasteiger partial charge < -0.3 is 24.1 Å². The Kier molecular flexibility index (Phi) is 8.11. The fourth-order valence-corrected chi connectivity index (χ4v) is 3.88. The van der Waals surface area contributed by atoms with E-state index in [9.17, 15) is 14.7 Å². The molecule has 1 unspecified atom stereocenters. The molecule has 172 valence electrons. The zero-order chi connectivity index (χ0) is 23.1. The average Bonchev–Trinajstić information content (AvgIpc) is 3.39. The predicted molar refractivity (Wildman–Crippen MR) is 122 cm³/mol. The molecular weight excluding hydrogens is 408 g/mol. The highest BCUT2D eigenvalue weighted by molar-refractivity contribution is 6.15. The van der Waals surface area contributed by atoms with Crippen molar-refractivity contribution < 1.29 is 23.8 Å². The van der Waals surface area contributed by atoms with Gasteiger partial charge in [0.2, 0.25) is 5.78 Å². The number of hydrogen-bond acceptors (Lipinski definition) is 6. The van der Waals surface area contributed by atoms with Crippen LogP contribution in [0.3, 0.4) is 0 Å². The summed E-state index contributed by atoms with van der Waals surface area (Å²) >= 11 is 0. The maximum atomic E-state index is 13.2. The van der Waals surface area contributed by atoms with E-state index in [4.69, 9.17) is 9.15 Å². The van der Waals surface area contributed by atoms with Crippen molar-refractivity contribution in [1.29, 1.82) is 0 Å². The molecule has 1 N–H and O–H groups in total. The molecule has 3 rings (SSSR count). The highest BCUT2D eigenvalue weighted by atomic mass is 16.5. The van der Waals surface area contributed by atoms with Crippen molar-refractivity contribution in [3.05, 3.63) is 65.3 Å². The van der Waals surface area contributed by atoms with Crippen LogP contribution < -0.4 is 4.74 Å². The molecule has 1 aromatic heterocycles. The number of amides is 1. The van der Waals surface area contributed by atoms with Crippen molar-refractivity contribution >= 4 is 11.7 Å². The molecule has 32 heavy (non-hydrogen) atoms. The molecular formula is C25H32N2O5. The summed E-state index contributed by atoms with van der Waals surface area (Å²) in [5, 5.41) is 10.7. The lowest BCUT2D eigenvalue weighted by Crippen LogP contribution is -2.33. The largest absolute Gasteiger partial charge is 0.503 e. The highest BCUT2D eigenvalue weighted by Gasteiger charge is 2.44. The molecule has 0 saturated carbocycles. The van der Waals surface area contributed by atoms with E-state index in [0.29, 0.717) is 25.3 Å². The SMILES string of the molecule is CCCCCOc1cccc(C2C(C(=O)c3ccco3)=C(O)C(=O)N2CCCN(C)C)c1. The molecule has 0 radical (unpaired) electrons. The normalized spacial score (nSPS) is 16.3.